The first-order chi connectivity index (χ1) is 11.6. The predicted octanol–water partition coefficient (Wildman–Crippen LogP) is 1.58. The van der Waals surface area contributed by atoms with E-state index >= 15 is 0 Å². The van der Waals surface area contributed by atoms with Gasteiger partial charge in [0.1, 0.15) is 6.10 Å². The zero-order chi connectivity index (χ0) is 16.9. The van der Waals surface area contributed by atoms with Crippen LogP contribution in [0, 0.1) is 6.92 Å². The van der Waals surface area contributed by atoms with E-state index in [2.05, 4.69) is 53.4 Å². The molecule has 2 atom stereocenters. The third-order valence-corrected chi connectivity index (χ3v) is 5.13. The topological polar surface area (TPSA) is 44.8 Å². The molecule has 2 heterocycles. The fourth-order valence-corrected chi connectivity index (χ4v) is 3.48. The van der Waals surface area contributed by atoms with E-state index in [1.165, 1.54) is 11.1 Å². The fraction of sp³-hybridized carbons (Fsp3) is 0.632. The molecule has 3 rings (SSSR count). The van der Waals surface area contributed by atoms with Crippen LogP contribution >= 0.6 is 0 Å². The van der Waals surface area contributed by atoms with Crippen molar-refractivity contribution in [3.8, 4) is 0 Å². The summed E-state index contributed by atoms with van der Waals surface area (Å²) in [5, 5.41) is 3.13. The zero-order valence-electron chi connectivity index (χ0n) is 14.8. The number of nitrogens with one attached hydrogen (secondary N) is 1. The fourth-order valence-electron chi connectivity index (χ4n) is 3.48. The van der Waals surface area contributed by atoms with Crippen molar-refractivity contribution in [1.82, 2.24) is 15.1 Å². The molecule has 0 radical (unpaired) electrons. The lowest BCUT2D eigenvalue weighted by Gasteiger charge is -2.38. The second-order valence-electron chi connectivity index (χ2n) is 7.01. The highest BCUT2D eigenvalue weighted by molar-refractivity contribution is 5.81. The Morgan fingerprint density at radius 1 is 1.25 bits per heavy atom. The number of ether oxygens (including phenoxy) is 1. The molecule has 2 fully saturated rings. The Kier molecular flexibility index (Phi) is 5.87. The lowest BCUT2D eigenvalue weighted by Crippen LogP contribution is -2.49. The minimum absolute atomic E-state index is 0.0405. The van der Waals surface area contributed by atoms with Gasteiger partial charge < -0.3 is 15.0 Å². The van der Waals surface area contributed by atoms with Gasteiger partial charge in [-0.25, -0.2) is 0 Å². The van der Waals surface area contributed by atoms with Crippen molar-refractivity contribution >= 4 is 5.91 Å². The number of benzene rings is 1. The van der Waals surface area contributed by atoms with Gasteiger partial charge in [0.25, 0.3) is 0 Å². The van der Waals surface area contributed by atoms with E-state index in [1.54, 1.807) is 0 Å². The molecule has 132 valence electrons. The maximum Gasteiger partial charge on any atom is 0.249 e. The third-order valence-electron chi connectivity index (χ3n) is 5.13. The van der Waals surface area contributed by atoms with Crippen molar-refractivity contribution in [3.05, 3.63) is 35.4 Å². The highest BCUT2D eigenvalue weighted by atomic mass is 16.5. The molecule has 2 aliphatic heterocycles. The summed E-state index contributed by atoms with van der Waals surface area (Å²) in [5.74, 6) is 0.0405. The average molecular weight is 331 g/mol. The first-order valence-corrected chi connectivity index (χ1v) is 9.02. The Balaban J connectivity index is 1.66. The summed E-state index contributed by atoms with van der Waals surface area (Å²) in [5.41, 5.74) is 2.54. The second kappa shape index (κ2) is 8.10. The molecule has 1 aromatic rings. The number of nitrogens with zero attached hydrogens (tertiary/aromatic N) is 2. The van der Waals surface area contributed by atoms with E-state index in [9.17, 15) is 4.79 Å². The van der Waals surface area contributed by atoms with Crippen molar-refractivity contribution in [3.63, 3.8) is 0 Å². The molecule has 1 aromatic carbocycles. The van der Waals surface area contributed by atoms with E-state index < -0.39 is 0 Å². The van der Waals surface area contributed by atoms with Crippen LogP contribution in [0.2, 0.25) is 0 Å². The van der Waals surface area contributed by atoms with Crippen molar-refractivity contribution in [2.45, 2.75) is 31.9 Å². The van der Waals surface area contributed by atoms with Gasteiger partial charge >= 0.3 is 0 Å². The molecule has 0 aromatic heterocycles. The summed E-state index contributed by atoms with van der Waals surface area (Å²) >= 11 is 0. The van der Waals surface area contributed by atoms with Crippen molar-refractivity contribution in [2.24, 2.45) is 0 Å². The maximum absolute atomic E-state index is 12.3. The number of piperazine rings is 1. The molecule has 1 N–H and O–H groups in total. The number of amides is 1. The van der Waals surface area contributed by atoms with Crippen LogP contribution in [0.15, 0.2) is 24.3 Å². The van der Waals surface area contributed by atoms with Crippen LogP contribution < -0.4 is 5.32 Å². The highest BCUT2D eigenvalue weighted by Gasteiger charge is 2.27. The minimum atomic E-state index is -0.254. The molecule has 2 saturated heterocycles. The number of rotatable bonds is 5. The quantitative estimate of drug-likeness (QED) is 0.890. The molecule has 0 saturated carbocycles. The highest BCUT2D eigenvalue weighted by Crippen LogP contribution is 2.22. The van der Waals surface area contributed by atoms with E-state index in [0.717, 1.165) is 39.0 Å². The van der Waals surface area contributed by atoms with Gasteiger partial charge in [0.05, 0.1) is 6.04 Å². The summed E-state index contributed by atoms with van der Waals surface area (Å²) in [6.07, 6.45) is 1.57. The van der Waals surface area contributed by atoms with Gasteiger partial charge in [-0.3, -0.25) is 9.69 Å². The summed E-state index contributed by atoms with van der Waals surface area (Å²) in [6.45, 7) is 7.66. The number of likely N-dealkylation sites (N-methyl/N-ethyl adjacent to an activating group) is 1. The Bertz CT molecular complexity index is 532. The van der Waals surface area contributed by atoms with E-state index in [4.69, 9.17) is 4.74 Å². The van der Waals surface area contributed by atoms with Gasteiger partial charge in [0.2, 0.25) is 5.91 Å². The van der Waals surface area contributed by atoms with Gasteiger partial charge in [0, 0.05) is 39.3 Å². The van der Waals surface area contributed by atoms with Crippen molar-refractivity contribution in [1.29, 1.82) is 0 Å². The molecule has 0 bridgehead atoms. The third kappa shape index (κ3) is 4.35. The molecule has 5 heteroatoms. The van der Waals surface area contributed by atoms with Crippen LogP contribution in [0.25, 0.3) is 0 Å². The van der Waals surface area contributed by atoms with E-state index in [1.807, 2.05) is 0 Å². The first kappa shape index (κ1) is 17.4. The number of hydrogen-bond acceptors (Lipinski definition) is 4. The summed E-state index contributed by atoms with van der Waals surface area (Å²) < 4.78 is 5.50. The van der Waals surface area contributed by atoms with Gasteiger partial charge in [-0.05, 0) is 32.4 Å². The van der Waals surface area contributed by atoms with Crippen LogP contribution in [0.4, 0.5) is 0 Å². The Hall–Kier alpha value is -1.43. The zero-order valence-corrected chi connectivity index (χ0v) is 14.8. The Labute approximate surface area is 145 Å². The molecular weight excluding hydrogens is 302 g/mol. The molecule has 2 aliphatic rings. The van der Waals surface area contributed by atoms with Crippen LogP contribution in [-0.4, -0.2) is 68.2 Å². The largest absolute Gasteiger partial charge is 0.368 e. The molecule has 2 unspecified atom stereocenters. The summed E-state index contributed by atoms with van der Waals surface area (Å²) in [7, 11) is 2.16. The summed E-state index contributed by atoms with van der Waals surface area (Å²) in [4.78, 5) is 17.1. The van der Waals surface area contributed by atoms with Crippen LogP contribution in [0.1, 0.15) is 30.0 Å². The normalized spacial score (nSPS) is 24.0. The average Bonchev–Trinajstić information content (AvgIpc) is 3.12. The molecule has 24 heavy (non-hydrogen) atoms. The minimum Gasteiger partial charge on any atom is -0.368 e. The van der Waals surface area contributed by atoms with Gasteiger partial charge in [0.15, 0.2) is 0 Å². The van der Waals surface area contributed by atoms with Crippen LogP contribution in [0.3, 0.4) is 0 Å². The van der Waals surface area contributed by atoms with E-state index in [0.29, 0.717) is 13.2 Å². The molecule has 0 aliphatic carbocycles. The monoisotopic (exact) mass is 331 g/mol. The van der Waals surface area contributed by atoms with E-state index in [-0.39, 0.29) is 18.1 Å². The predicted molar refractivity (Wildman–Crippen MR) is 95.0 cm³/mol. The number of carbonyl (C=O) groups excluding carboxylic acids is 1. The number of aryl methyl sites for hydroxylation is 1. The Morgan fingerprint density at radius 2 is 1.96 bits per heavy atom. The molecule has 5 nitrogen and oxygen atoms in total. The smallest absolute Gasteiger partial charge is 0.249 e. The summed E-state index contributed by atoms with van der Waals surface area (Å²) in [6, 6.07) is 8.91. The molecule has 1 amide bonds. The van der Waals surface area contributed by atoms with Gasteiger partial charge in [-0.1, -0.05) is 29.8 Å². The number of hydrogen-bond donors (Lipinski definition) is 1. The Morgan fingerprint density at radius 3 is 2.58 bits per heavy atom. The van der Waals surface area contributed by atoms with Crippen LogP contribution in [-0.2, 0) is 9.53 Å². The second-order valence-corrected chi connectivity index (χ2v) is 7.01. The van der Waals surface area contributed by atoms with Gasteiger partial charge in [-0.2, -0.15) is 0 Å². The maximum atomic E-state index is 12.3. The molecule has 0 spiro atoms. The standard InChI is InChI=1S/C19H29N3O2/c1-15-5-7-16(8-6-15)17(22-11-9-21(2)10-12-22)14-20-19(23)18-4-3-13-24-18/h5-8,17-18H,3-4,9-14H2,1-2H3,(H,20,23). The molecular formula is C19H29N3O2. The van der Waals surface area contributed by atoms with Crippen molar-refractivity contribution in [2.75, 3.05) is 46.4 Å². The van der Waals surface area contributed by atoms with Crippen LogP contribution in [0.5, 0.6) is 0 Å². The lowest BCUT2D eigenvalue weighted by molar-refractivity contribution is -0.130. The lowest BCUT2D eigenvalue weighted by atomic mass is 10.0. The van der Waals surface area contributed by atoms with Gasteiger partial charge in [-0.15, -0.1) is 0 Å². The number of carbonyl (C=O) groups is 1. The van der Waals surface area contributed by atoms with Crippen molar-refractivity contribution < 1.29 is 9.53 Å². The first-order valence-electron chi connectivity index (χ1n) is 9.02. The SMILES string of the molecule is Cc1ccc(C(CNC(=O)C2CCCO2)N2CCN(C)CC2)cc1.